The van der Waals surface area contributed by atoms with E-state index in [9.17, 15) is 14.9 Å². The lowest BCUT2D eigenvalue weighted by atomic mass is 9.87. The molecule has 1 N–H and O–H groups in total. The summed E-state index contributed by atoms with van der Waals surface area (Å²) in [6.07, 6.45) is 0.746. The smallest absolute Gasteiger partial charge is 0.408 e. The van der Waals surface area contributed by atoms with Gasteiger partial charge in [-0.05, 0) is 16.7 Å². The standard InChI is InChI=1S/C28H23N3O5/c32-27(36-17-20-7-3-1-4-8-20)30-28(18-35-19-28)23-13-11-22(12-14-23)26-25(21-9-5-2-6-10-21)15-24(16-29-26)31(33)34/h1-16H,17-19H2,(H,30,32). The molecule has 3 aromatic carbocycles. The van der Waals surface area contributed by atoms with Gasteiger partial charge in [-0.2, -0.15) is 0 Å². The van der Waals surface area contributed by atoms with Crippen molar-refractivity contribution in [2.75, 3.05) is 13.2 Å². The fraction of sp³-hybridized carbons (Fsp3) is 0.143. The van der Waals surface area contributed by atoms with E-state index in [0.717, 1.165) is 22.3 Å². The third kappa shape index (κ3) is 4.80. The Morgan fingerprint density at radius 2 is 1.64 bits per heavy atom. The lowest BCUT2D eigenvalue weighted by Gasteiger charge is -2.42. The summed E-state index contributed by atoms with van der Waals surface area (Å²) in [6, 6.07) is 28.1. The molecule has 0 spiro atoms. The number of amides is 1. The van der Waals surface area contributed by atoms with Crippen LogP contribution in [0.2, 0.25) is 0 Å². The fourth-order valence-electron chi connectivity index (χ4n) is 4.14. The van der Waals surface area contributed by atoms with Crippen LogP contribution in [0.25, 0.3) is 22.4 Å². The molecule has 0 aliphatic carbocycles. The van der Waals surface area contributed by atoms with Crippen molar-refractivity contribution in [3.05, 3.63) is 118 Å². The molecule has 1 aliphatic rings. The number of hydrogen-bond acceptors (Lipinski definition) is 6. The van der Waals surface area contributed by atoms with Gasteiger partial charge in [0.2, 0.25) is 0 Å². The zero-order valence-electron chi connectivity index (χ0n) is 19.3. The predicted octanol–water partition coefficient (Wildman–Crippen LogP) is 5.48. The molecular formula is C28H23N3O5. The topological polar surface area (TPSA) is 104 Å². The largest absolute Gasteiger partial charge is 0.445 e. The van der Waals surface area contributed by atoms with Gasteiger partial charge in [0.25, 0.3) is 5.69 Å². The molecule has 8 heteroatoms. The third-order valence-electron chi connectivity index (χ3n) is 6.13. The van der Waals surface area contributed by atoms with Gasteiger partial charge in [-0.25, -0.2) is 9.78 Å². The van der Waals surface area contributed by atoms with Crippen molar-refractivity contribution in [3.63, 3.8) is 0 Å². The number of carbonyl (C=O) groups excluding carboxylic acids is 1. The van der Waals surface area contributed by atoms with Gasteiger partial charge in [-0.3, -0.25) is 10.1 Å². The second-order valence-corrected chi connectivity index (χ2v) is 8.55. The minimum atomic E-state index is -0.683. The van der Waals surface area contributed by atoms with Gasteiger partial charge in [-0.1, -0.05) is 84.9 Å². The van der Waals surface area contributed by atoms with Crippen LogP contribution in [0.15, 0.2) is 97.2 Å². The van der Waals surface area contributed by atoms with E-state index in [1.54, 1.807) is 0 Å². The Balaban J connectivity index is 1.38. The Morgan fingerprint density at radius 1 is 0.972 bits per heavy atom. The molecular weight excluding hydrogens is 458 g/mol. The summed E-state index contributed by atoms with van der Waals surface area (Å²) in [6.45, 7) is 0.840. The Kier molecular flexibility index (Phi) is 6.42. The van der Waals surface area contributed by atoms with Gasteiger partial charge >= 0.3 is 6.09 Å². The molecule has 36 heavy (non-hydrogen) atoms. The van der Waals surface area contributed by atoms with Crippen molar-refractivity contribution < 1.29 is 19.2 Å². The molecule has 1 aliphatic heterocycles. The van der Waals surface area contributed by atoms with Crippen molar-refractivity contribution >= 4 is 11.8 Å². The molecule has 0 radical (unpaired) electrons. The number of nitrogens with zero attached hydrogens (tertiary/aromatic N) is 2. The number of aromatic nitrogens is 1. The highest BCUT2D eigenvalue weighted by Gasteiger charge is 2.42. The number of nitrogens with one attached hydrogen (secondary N) is 1. The first-order valence-corrected chi connectivity index (χ1v) is 11.4. The Bertz CT molecular complexity index is 1370. The van der Waals surface area contributed by atoms with E-state index >= 15 is 0 Å². The highest BCUT2D eigenvalue weighted by molar-refractivity contribution is 5.82. The highest BCUT2D eigenvalue weighted by Crippen LogP contribution is 2.35. The average Bonchev–Trinajstić information content (AvgIpc) is 2.90. The quantitative estimate of drug-likeness (QED) is 0.277. The molecule has 5 rings (SSSR count). The van der Waals surface area contributed by atoms with Crippen molar-refractivity contribution in [1.82, 2.24) is 10.3 Å². The van der Waals surface area contributed by atoms with Crippen LogP contribution in [-0.2, 0) is 21.6 Å². The van der Waals surface area contributed by atoms with E-state index in [0.29, 0.717) is 24.5 Å². The monoisotopic (exact) mass is 481 g/mol. The van der Waals surface area contributed by atoms with Crippen molar-refractivity contribution in [2.45, 2.75) is 12.1 Å². The molecule has 4 aromatic rings. The number of pyridine rings is 1. The number of nitro groups is 1. The van der Waals surface area contributed by atoms with Crippen LogP contribution >= 0.6 is 0 Å². The molecule has 1 saturated heterocycles. The minimum absolute atomic E-state index is 0.0713. The zero-order chi connectivity index (χ0) is 25.0. The molecule has 1 amide bonds. The van der Waals surface area contributed by atoms with Gasteiger partial charge in [-0.15, -0.1) is 0 Å². The number of rotatable bonds is 7. The maximum absolute atomic E-state index is 12.5. The Labute approximate surface area is 207 Å². The van der Waals surface area contributed by atoms with Crippen LogP contribution in [-0.4, -0.2) is 29.2 Å². The Hall–Kier alpha value is -4.56. The fourth-order valence-corrected chi connectivity index (χ4v) is 4.14. The van der Waals surface area contributed by atoms with Crippen molar-refractivity contribution in [2.24, 2.45) is 0 Å². The predicted molar refractivity (Wildman–Crippen MR) is 134 cm³/mol. The van der Waals surface area contributed by atoms with Crippen molar-refractivity contribution in [1.29, 1.82) is 0 Å². The molecule has 1 aromatic heterocycles. The number of benzene rings is 3. The maximum Gasteiger partial charge on any atom is 0.408 e. The molecule has 0 atom stereocenters. The van der Waals surface area contributed by atoms with Crippen LogP contribution in [0.4, 0.5) is 10.5 Å². The first kappa shape index (κ1) is 23.2. The van der Waals surface area contributed by atoms with Gasteiger partial charge in [0.1, 0.15) is 18.3 Å². The number of carbonyl (C=O) groups is 1. The van der Waals surface area contributed by atoms with E-state index in [1.165, 1.54) is 12.3 Å². The second-order valence-electron chi connectivity index (χ2n) is 8.55. The molecule has 180 valence electrons. The molecule has 0 unspecified atom stereocenters. The lowest BCUT2D eigenvalue weighted by molar-refractivity contribution is -0.385. The molecule has 1 fully saturated rings. The Morgan fingerprint density at radius 3 is 2.25 bits per heavy atom. The normalized spacial score (nSPS) is 13.9. The number of hydrogen-bond donors (Lipinski definition) is 1. The zero-order valence-corrected chi connectivity index (χ0v) is 19.3. The summed E-state index contributed by atoms with van der Waals surface area (Å²) in [5.74, 6) is 0. The molecule has 0 bridgehead atoms. The van der Waals surface area contributed by atoms with E-state index in [4.69, 9.17) is 9.47 Å². The van der Waals surface area contributed by atoms with Crippen LogP contribution in [0.5, 0.6) is 0 Å². The van der Waals surface area contributed by atoms with Gasteiger partial charge < -0.3 is 14.8 Å². The second kappa shape index (κ2) is 9.97. The summed E-state index contributed by atoms with van der Waals surface area (Å²) in [5.41, 5.74) is 3.96. The molecule has 8 nitrogen and oxygen atoms in total. The van der Waals surface area contributed by atoms with Crippen LogP contribution in [0.1, 0.15) is 11.1 Å². The first-order chi connectivity index (χ1) is 17.5. The van der Waals surface area contributed by atoms with E-state index in [-0.39, 0.29) is 12.3 Å². The summed E-state index contributed by atoms with van der Waals surface area (Å²) < 4.78 is 10.8. The van der Waals surface area contributed by atoms with Crippen LogP contribution in [0.3, 0.4) is 0 Å². The van der Waals surface area contributed by atoms with Crippen molar-refractivity contribution in [3.8, 4) is 22.4 Å². The molecule has 0 saturated carbocycles. The summed E-state index contributed by atoms with van der Waals surface area (Å²) in [5, 5.41) is 14.3. The van der Waals surface area contributed by atoms with Gasteiger partial charge in [0, 0.05) is 17.2 Å². The highest BCUT2D eigenvalue weighted by atomic mass is 16.6. The van der Waals surface area contributed by atoms with E-state index in [2.05, 4.69) is 10.3 Å². The van der Waals surface area contributed by atoms with Gasteiger partial charge in [0.05, 0.1) is 23.8 Å². The van der Waals surface area contributed by atoms with E-state index < -0.39 is 16.6 Å². The lowest BCUT2D eigenvalue weighted by Crippen LogP contribution is -2.59. The van der Waals surface area contributed by atoms with E-state index in [1.807, 2.05) is 84.9 Å². The van der Waals surface area contributed by atoms with Crippen LogP contribution in [0, 0.1) is 10.1 Å². The minimum Gasteiger partial charge on any atom is -0.445 e. The average molecular weight is 482 g/mol. The van der Waals surface area contributed by atoms with Crippen LogP contribution < -0.4 is 5.32 Å². The maximum atomic E-state index is 12.5. The number of ether oxygens (including phenoxy) is 2. The number of alkyl carbamates (subject to hydrolysis) is 1. The summed E-state index contributed by atoms with van der Waals surface area (Å²) in [7, 11) is 0. The summed E-state index contributed by atoms with van der Waals surface area (Å²) >= 11 is 0. The molecule has 2 heterocycles. The third-order valence-corrected chi connectivity index (χ3v) is 6.13. The first-order valence-electron chi connectivity index (χ1n) is 11.4. The van der Waals surface area contributed by atoms with Gasteiger partial charge in [0.15, 0.2) is 0 Å². The summed E-state index contributed by atoms with van der Waals surface area (Å²) in [4.78, 5) is 27.8. The SMILES string of the molecule is O=C(NC1(c2ccc(-c3ncc([N+](=O)[O-])cc3-c3ccccc3)cc2)COC1)OCc1ccccc1.